The van der Waals surface area contributed by atoms with E-state index in [1.54, 1.807) is 66.4 Å². The van der Waals surface area contributed by atoms with Gasteiger partial charge >= 0.3 is 5.69 Å². The zero-order valence-electron chi connectivity index (χ0n) is 70.3. The number of hydrogen-bond donors (Lipinski definition) is 5. The van der Waals surface area contributed by atoms with Gasteiger partial charge in [-0.15, -0.1) is 0 Å². The van der Waals surface area contributed by atoms with Crippen molar-refractivity contribution in [3.8, 4) is 0 Å². The average Bonchev–Trinajstić information content (AvgIpc) is 1.10. The Labute approximate surface area is 722 Å². The second kappa shape index (κ2) is 37.5. The van der Waals surface area contributed by atoms with Crippen molar-refractivity contribution >= 4 is 167 Å². The number of benzene rings is 4. The summed E-state index contributed by atoms with van der Waals surface area (Å²) >= 11 is 25.6. The molecule has 0 bridgehead atoms. The third kappa shape index (κ3) is 20.0. The first-order valence-electron chi connectivity index (χ1n) is 41.5. The van der Waals surface area contributed by atoms with Gasteiger partial charge in [0.25, 0.3) is 5.56 Å². The van der Waals surface area contributed by atoms with Crippen LogP contribution in [0.3, 0.4) is 0 Å². The Balaban J connectivity index is 0.000000131. The number of aryl methyl sites for hydroxylation is 3. The zero-order valence-corrected chi connectivity index (χ0v) is 73.3. The second-order valence-corrected chi connectivity index (χ2v) is 34.4. The van der Waals surface area contributed by atoms with Crippen molar-refractivity contribution < 1.29 is 5.11 Å². The lowest BCUT2D eigenvalue weighted by atomic mass is 9.95. The fraction of sp³-hybridized carbons (Fsp3) is 0.400. The molecule has 120 heavy (non-hydrogen) atoms. The molecule has 0 radical (unpaired) electrons. The lowest BCUT2D eigenvalue weighted by Gasteiger charge is -2.35. The number of piperazine rings is 1. The molecule has 26 nitrogen and oxygen atoms in total. The van der Waals surface area contributed by atoms with E-state index >= 15 is 0 Å². The van der Waals surface area contributed by atoms with Gasteiger partial charge in [0.05, 0.1) is 46.9 Å². The lowest BCUT2D eigenvalue weighted by Crippen LogP contribution is -2.46. The molecule has 0 unspecified atom stereocenters. The molecule has 30 heteroatoms. The van der Waals surface area contributed by atoms with Crippen LogP contribution in [0.15, 0.2) is 162 Å². The van der Waals surface area contributed by atoms with Crippen molar-refractivity contribution in [2.75, 3.05) is 148 Å². The summed E-state index contributed by atoms with van der Waals surface area (Å²) in [5.41, 5.74) is 13.1. The molecule has 0 aliphatic carbocycles. The van der Waals surface area contributed by atoms with E-state index in [4.69, 9.17) is 56.4 Å². The van der Waals surface area contributed by atoms with Crippen LogP contribution in [0.5, 0.6) is 0 Å². The number of imidazole rings is 1. The third-order valence-corrected chi connectivity index (χ3v) is 24.9. The number of fused-ring (bicyclic) bond motifs is 4. The molecule has 10 aromatic rings. The number of likely N-dealkylation sites (N-methyl/N-ethyl adjacent to an activating group) is 3. The number of hydrogen-bond acceptors (Lipinski definition) is 23. The molecule has 17 rings (SSSR count). The van der Waals surface area contributed by atoms with Gasteiger partial charge in [0.15, 0.2) is 23.3 Å². The Morgan fingerprint density at radius 3 is 1.29 bits per heavy atom. The van der Waals surface area contributed by atoms with Crippen LogP contribution in [0.4, 0.5) is 86.9 Å². The van der Waals surface area contributed by atoms with Gasteiger partial charge in [0, 0.05) is 181 Å². The van der Waals surface area contributed by atoms with Gasteiger partial charge in [-0.05, 0) is 174 Å². The summed E-state index contributed by atoms with van der Waals surface area (Å²) in [6.07, 6.45) is 24.5. The highest BCUT2D eigenvalue weighted by molar-refractivity contribution is 6.34. The number of aliphatic hydroxyl groups is 1. The van der Waals surface area contributed by atoms with Crippen LogP contribution in [-0.4, -0.2) is 162 Å². The molecule has 7 aliphatic rings. The minimum Gasteiger partial charge on any atom is -0.390 e. The van der Waals surface area contributed by atoms with E-state index in [0.717, 1.165) is 212 Å². The average molecular weight is 1700 g/mol. The minimum absolute atomic E-state index is 0.0179. The van der Waals surface area contributed by atoms with E-state index in [1.807, 2.05) is 85.7 Å². The fourth-order valence-electron chi connectivity index (χ4n) is 15.7. The molecule has 13 heterocycles. The molecule has 5 saturated heterocycles. The molecule has 6 aromatic heterocycles. The van der Waals surface area contributed by atoms with Crippen molar-refractivity contribution in [3.05, 3.63) is 205 Å². The van der Waals surface area contributed by atoms with Gasteiger partial charge in [-0.1, -0.05) is 112 Å². The predicted molar refractivity (Wildman–Crippen MR) is 496 cm³/mol. The first-order chi connectivity index (χ1) is 57.6. The Hall–Kier alpha value is -10.7. The number of allylic oxidation sites excluding steroid dienone is 2. The van der Waals surface area contributed by atoms with Crippen molar-refractivity contribution in [2.24, 2.45) is 31.8 Å². The quantitative estimate of drug-likeness (QED) is 0.0536. The van der Waals surface area contributed by atoms with Crippen LogP contribution in [0.1, 0.15) is 110 Å². The number of nitrogens with zero attached hydrogens (tertiary/aromatic N) is 19. The second-order valence-electron chi connectivity index (χ2n) is 32.8. The predicted octanol–water partition coefficient (Wildman–Crippen LogP) is 18.1. The zero-order chi connectivity index (χ0) is 84.8. The summed E-state index contributed by atoms with van der Waals surface area (Å²) in [7, 11) is 7.60. The summed E-state index contributed by atoms with van der Waals surface area (Å²) < 4.78 is 5.00. The van der Waals surface area contributed by atoms with E-state index in [2.05, 4.69) is 169 Å². The molecule has 0 atom stereocenters. The van der Waals surface area contributed by atoms with Gasteiger partial charge in [-0.2, -0.15) is 19.9 Å². The molecule has 5 fully saturated rings. The summed E-state index contributed by atoms with van der Waals surface area (Å²) in [5.74, 6) is 7.53. The SMILES string of the molecule is C=C1C=Cc2cc(Nc3nc(N4CCC(C)CC4)ncc3Cl)ccc2N1C.C=C1C=Cc2cc(Nc3nc(N4CCC(CC)CC4)ncc3Cl)ccc2N1C.C=C1CCN1c1cc2cc(Nc3nc(N4CCN(CC)CC4)ncc3Cl)ccc2n(C)c1=O.CC1CCN(c2ncc(Cl)c(Nc3ccc4c(c3)n(CCC(C)(C)O)c(=O)n4C)n2)CC1. The van der Waals surface area contributed by atoms with E-state index in [-0.39, 0.29) is 11.2 Å². The molecular formula is C90H109Cl4N23O3. The molecule has 0 spiro atoms. The maximum atomic E-state index is 12.8. The van der Waals surface area contributed by atoms with Crippen LogP contribution in [0, 0.1) is 17.8 Å². The highest BCUT2D eigenvalue weighted by Gasteiger charge is 2.28. The van der Waals surface area contributed by atoms with Gasteiger partial charge in [0.1, 0.15) is 25.8 Å². The van der Waals surface area contributed by atoms with Crippen molar-refractivity contribution in [1.82, 2.24) is 58.5 Å². The van der Waals surface area contributed by atoms with Crippen LogP contribution < -0.4 is 66.8 Å². The third-order valence-electron chi connectivity index (χ3n) is 23.8. The summed E-state index contributed by atoms with van der Waals surface area (Å²) in [6, 6.07) is 26.0. The normalized spacial score (nSPS) is 16.6. The largest absolute Gasteiger partial charge is 0.390 e. The summed E-state index contributed by atoms with van der Waals surface area (Å²) in [6.45, 7) is 36.6. The van der Waals surface area contributed by atoms with Gasteiger partial charge in [-0.3, -0.25) is 13.9 Å². The maximum Gasteiger partial charge on any atom is 0.328 e. The molecule has 4 aromatic carbocycles. The van der Waals surface area contributed by atoms with E-state index in [1.165, 1.54) is 32.1 Å². The Bertz CT molecular complexity index is 5630. The number of pyridine rings is 1. The van der Waals surface area contributed by atoms with Crippen LogP contribution in [0.25, 0.3) is 34.1 Å². The number of nitrogens with one attached hydrogen (secondary N) is 4. The Morgan fingerprint density at radius 2 is 0.883 bits per heavy atom. The Kier molecular flexibility index (Phi) is 26.8. The number of piperidine rings is 3. The van der Waals surface area contributed by atoms with E-state index in [9.17, 15) is 14.7 Å². The van der Waals surface area contributed by atoms with Gasteiger partial charge < -0.3 is 70.1 Å². The molecule has 0 amide bonds. The van der Waals surface area contributed by atoms with Crippen LogP contribution in [-0.2, 0) is 20.6 Å². The molecule has 630 valence electrons. The highest BCUT2D eigenvalue weighted by Crippen LogP contribution is 2.39. The smallest absolute Gasteiger partial charge is 0.328 e. The fourth-order valence-corrected chi connectivity index (χ4v) is 16.3. The monoisotopic (exact) mass is 1700 g/mol. The minimum atomic E-state index is -0.853. The summed E-state index contributed by atoms with van der Waals surface area (Å²) in [4.78, 5) is 79.5. The summed E-state index contributed by atoms with van der Waals surface area (Å²) in [5, 5.41) is 26.4. The van der Waals surface area contributed by atoms with Crippen LogP contribution >= 0.6 is 46.4 Å². The molecular weight excluding hydrogens is 1590 g/mol. The van der Waals surface area contributed by atoms with E-state index in [0.29, 0.717) is 73.9 Å². The highest BCUT2D eigenvalue weighted by atomic mass is 35.5. The molecule has 5 N–H and O–H groups in total. The topological polar surface area (TPSA) is 246 Å². The Morgan fingerprint density at radius 1 is 0.475 bits per heavy atom. The standard InChI is InChI=1S/C24H28ClN7O.C23H31ClN6O2.C22H26ClN5.C21H24ClN5/c1-4-30-9-11-31(12-10-30)24-26-15-19(25)22(28-24)27-18-5-6-20-17(13-18)14-21(23(33)29(20)3)32-8-7-16(32)2;1-15-7-10-29(11-8-15)21-25-14-17(24)20(27-21)26-16-5-6-18-19(13-16)30(22(31)28(18)4)12-9-23(2,3)32;1-4-16-9-11-28(12-10-16)22-24-14-19(23)21(26-22)25-18-7-8-20-17(13-18)6-5-15(2)27(20)3;1-14-8-10-27(11-9-14)21-23-13-18(22)20(25-21)24-17-6-7-19-16(12-17)5-4-15(2)26(19)3/h5-6,13-15H,2,4,7-12H2,1,3H3,(H,26,27,28);5-6,13-15,32H,7-12H2,1-4H3,(H,25,26,27);5-8,13-14,16H,2,4,9-12H2,1,3H3,(H,24,25,26);4-7,12-14H,2,8-11H2,1,3H3,(H,23,24,25). The number of aromatic nitrogens is 11. The molecule has 0 saturated carbocycles. The van der Waals surface area contributed by atoms with E-state index < -0.39 is 5.60 Å². The number of halogens is 4. The molecule has 7 aliphatic heterocycles. The van der Waals surface area contributed by atoms with Gasteiger partial charge in [-0.25, -0.2) is 24.7 Å². The first kappa shape index (κ1) is 85.7. The number of anilines is 15. The van der Waals surface area contributed by atoms with Crippen molar-refractivity contribution in [1.29, 1.82) is 0 Å². The lowest BCUT2D eigenvalue weighted by molar-refractivity contribution is 0.0662. The van der Waals surface area contributed by atoms with Crippen LogP contribution in [0.2, 0.25) is 20.1 Å². The number of rotatable bonds is 18. The van der Waals surface area contributed by atoms with Crippen molar-refractivity contribution in [2.45, 2.75) is 111 Å². The van der Waals surface area contributed by atoms with Gasteiger partial charge in [0.2, 0.25) is 23.8 Å². The first-order valence-corrected chi connectivity index (χ1v) is 43.0. The van der Waals surface area contributed by atoms with Crippen molar-refractivity contribution in [3.63, 3.8) is 0 Å². The maximum absolute atomic E-state index is 12.8.